The Bertz CT molecular complexity index is 790. The molecule has 0 saturated carbocycles. The number of methoxy groups -OCH3 is 1. The predicted octanol–water partition coefficient (Wildman–Crippen LogP) is 4.07. The molecule has 0 N–H and O–H groups in total. The average Bonchev–Trinajstić information content (AvgIpc) is 3.14. The second-order valence-corrected chi connectivity index (χ2v) is 7.26. The van der Waals surface area contributed by atoms with Crippen molar-refractivity contribution < 1.29 is 23.4 Å². The van der Waals surface area contributed by atoms with Gasteiger partial charge in [-0.3, -0.25) is 4.79 Å². The Kier molecular flexibility index (Phi) is 6.62. The van der Waals surface area contributed by atoms with Crippen molar-refractivity contribution in [2.24, 2.45) is 0 Å². The van der Waals surface area contributed by atoms with Crippen LogP contribution in [0.25, 0.3) is 0 Å². The minimum atomic E-state index is -0.116. The van der Waals surface area contributed by atoms with Gasteiger partial charge in [0, 0.05) is 13.1 Å². The molecule has 1 aliphatic heterocycles. The van der Waals surface area contributed by atoms with Gasteiger partial charge in [-0.1, -0.05) is 19.4 Å². The van der Waals surface area contributed by atoms with Gasteiger partial charge in [0.2, 0.25) is 0 Å². The number of hydrogen-bond acceptors (Lipinski definition) is 5. The van der Waals surface area contributed by atoms with Crippen LogP contribution in [0.15, 0.2) is 34.7 Å². The minimum absolute atomic E-state index is 0.0219. The number of rotatable bonds is 7. The van der Waals surface area contributed by atoms with Gasteiger partial charge in [-0.2, -0.15) is 0 Å². The average molecular weight is 387 g/mol. The van der Waals surface area contributed by atoms with Crippen LogP contribution < -0.4 is 9.47 Å². The van der Waals surface area contributed by atoms with E-state index in [1.165, 1.54) is 5.56 Å². The van der Waals surface area contributed by atoms with Crippen molar-refractivity contribution in [1.82, 2.24) is 4.90 Å². The zero-order chi connectivity index (χ0) is 20.1. The Hall–Kier alpha value is -2.47. The van der Waals surface area contributed by atoms with E-state index in [0.29, 0.717) is 36.1 Å². The molecule has 0 bridgehead atoms. The van der Waals surface area contributed by atoms with Gasteiger partial charge in [0.15, 0.2) is 17.3 Å². The molecule has 1 saturated heterocycles. The third kappa shape index (κ3) is 4.87. The van der Waals surface area contributed by atoms with E-state index in [4.69, 9.17) is 18.6 Å². The van der Waals surface area contributed by atoms with Crippen molar-refractivity contribution in [2.45, 2.75) is 52.4 Å². The Labute approximate surface area is 166 Å². The molecule has 1 aliphatic rings. The lowest BCUT2D eigenvalue weighted by Crippen LogP contribution is -2.48. The summed E-state index contributed by atoms with van der Waals surface area (Å²) in [4.78, 5) is 14.5. The van der Waals surface area contributed by atoms with Crippen LogP contribution in [0, 0.1) is 0 Å². The number of hydrogen-bond donors (Lipinski definition) is 0. The number of amides is 1. The summed E-state index contributed by atoms with van der Waals surface area (Å²) in [5, 5.41) is 0. The maximum Gasteiger partial charge on any atom is 0.289 e. The standard InChI is InChI=1S/C22H29NO5/c1-5-6-17-7-9-19(21(11-17)25-4)26-14-18-8-10-20(28-18)22(24)23-12-15(2)27-16(3)13-23/h7-11,15-16H,5-6,12-14H2,1-4H3/t15-,16-/m1/s1. The van der Waals surface area contributed by atoms with Crippen LogP contribution in [0.2, 0.25) is 0 Å². The number of aryl methyl sites for hydroxylation is 1. The van der Waals surface area contributed by atoms with E-state index in [0.717, 1.165) is 12.8 Å². The topological polar surface area (TPSA) is 61.1 Å². The number of benzene rings is 1. The van der Waals surface area contributed by atoms with Gasteiger partial charge in [-0.05, 0) is 50.1 Å². The summed E-state index contributed by atoms with van der Waals surface area (Å²) in [6, 6.07) is 9.43. The summed E-state index contributed by atoms with van der Waals surface area (Å²) in [7, 11) is 1.63. The molecule has 0 aliphatic carbocycles. The quantitative estimate of drug-likeness (QED) is 0.717. The van der Waals surface area contributed by atoms with E-state index in [1.54, 1.807) is 24.1 Å². The number of carbonyl (C=O) groups excluding carboxylic acids is 1. The molecule has 0 radical (unpaired) electrons. The molecule has 2 atom stereocenters. The van der Waals surface area contributed by atoms with Gasteiger partial charge >= 0.3 is 0 Å². The molecule has 3 rings (SSSR count). The number of ether oxygens (including phenoxy) is 3. The van der Waals surface area contributed by atoms with Crippen molar-refractivity contribution in [2.75, 3.05) is 20.2 Å². The first kappa shape index (κ1) is 20.3. The van der Waals surface area contributed by atoms with Gasteiger partial charge in [0.05, 0.1) is 19.3 Å². The zero-order valence-electron chi connectivity index (χ0n) is 17.1. The maximum absolute atomic E-state index is 12.7. The molecule has 152 valence electrons. The second kappa shape index (κ2) is 9.15. The van der Waals surface area contributed by atoms with Gasteiger partial charge in [0.1, 0.15) is 12.4 Å². The maximum atomic E-state index is 12.7. The van der Waals surface area contributed by atoms with Gasteiger partial charge in [-0.25, -0.2) is 0 Å². The zero-order valence-corrected chi connectivity index (χ0v) is 17.1. The molecule has 0 unspecified atom stereocenters. The van der Waals surface area contributed by atoms with Crippen LogP contribution in [0.3, 0.4) is 0 Å². The Morgan fingerprint density at radius 3 is 2.57 bits per heavy atom. The van der Waals surface area contributed by atoms with Crippen molar-refractivity contribution in [3.05, 3.63) is 47.4 Å². The molecule has 1 fully saturated rings. The van der Waals surface area contributed by atoms with Crippen LogP contribution in [-0.2, 0) is 17.8 Å². The van der Waals surface area contributed by atoms with Crippen molar-refractivity contribution in [1.29, 1.82) is 0 Å². The van der Waals surface area contributed by atoms with Crippen LogP contribution >= 0.6 is 0 Å². The highest BCUT2D eigenvalue weighted by Crippen LogP contribution is 2.29. The summed E-state index contributed by atoms with van der Waals surface area (Å²) in [5.41, 5.74) is 1.21. The normalized spacial score (nSPS) is 19.5. The van der Waals surface area contributed by atoms with E-state index in [2.05, 4.69) is 6.92 Å². The fourth-order valence-corrected chi connectivity index (χ4v) is 3.49. The first-order chi connectivity index (χ1) is 13.5. The fraction of sp³-hybridized carbons (Fsp3) is 0.500. The summed E-state index contributed by atoms with van der Waals surface area (Å²) in [6.07, 6.45) is 2.12. The van der Waals surface area contributed by atoms with E-state index < -0.39 is 0 Å². The van der Waals surface area contributed by atoms with E-state index in [-0.39, 0.29) is 24.7 Å². The lowest BCUT2D eigenvalue weighted by molar-refractivity contribution is -0.0592. The number of morpholine rings is 1. The molecule has 28 heavy (non-hydrogen) atoms. The third-order valence-corrected chi connectivity index (χ3v) is 4.72. The lowest BCUT2D eigenvalue weighted by atomic mass is 10.1. The van der Waals surface area contributed by atoms with Crippen molar-refractivity contribution in [3.8, 4) is 11.5 Å². The summed E-state index contributed by atoms with van der Waals surface area (Å²) < 4.78 is 22.7. The molecule has 6 heteroatoms. The number of furan rings is 1. The molecule has 1 amide bonds. The molecular weight excluding hydrogens is 358 g/mol. The summed E-state index contributed by atoms with van der Waals surface area (Å²) in [6.45, 7) is 7.44. The highest BCUT2D eigenvalue weighted by molar-refractivity contribution is 5.91. The molecule has 0 spiro atoms. The number of nitrogens with zero attached hydrogens (tertiary/aromatic N) is 1. The van der Waals surface area contributed by atoms with Crippen LogP contribution in [-0.4, -0.2) is 43.2 Å². The third-order valence-electron chi connectivity index (χ3n) is 4.72. The first-order valence-electron chi connectivity index (χ1n) is 9.83. The molecule has 1 aromatic carbocycles. The lowest BCUT2D eigenvalue weighted by Gasteiger charge is -2.34. The molecule has 1 aromatic heterocycles. The van der Waals surface area contributed by atoms with Crippen LogP contribution in [0.1, 0.15) is 49.1 Å². The second-order valence-electron chi connectivity index (χ2n) is 7.26. The van der Waals surface area contributed by atoms with Crippen molar-refractivity contribution in [3.63, 3.8) is 0 Å². The smallest absolute Gasteiger partial charge is 0.289 e. The highest BCUT2D eigenvalue weighted by Gasteiger charge is 2.28. The summed E-state index contributed by atoms with van der Waals surface area (Å²) >= 11 is 0. The Morgan fingerprint density at radius 2 is 1.89 bits per heavy atom. The number of carbonyl (C=O) groups is 1. The predicted molar refractivity (Wildman–Crippen MR) is 106 cm³/mol. The van der Waals surface area contributed by atoms with E-state index in [1.807, 2.05) is 32.0 Å². The SMILES string of the molecule is CCCc1ccc(OCc2ccc(C(=O)N3C[C@@H](C)O[C@H](C)C3)o2)c(OC)c1. The van der Waals surface area contributed by atoms with Gasteiger partial charge in [0.25, 0.3) is 5.91 Å². The minimum Gasteiger partial charge on any atom is -0.493 e. The fourth-order valence-electron chi connectivity index (χ4n) is 3.49. The monoisotopic (exact) mass is 387 g/mol. The summed E-state index contributed by atoms with van der Waals surface area (Å²) in [5.74, 6) is 2.16. The Balaban J connectivity index is 1.63. The van der Waals surface area contributed by atoms with Crippen molar-refractivity contribution >= 4 is 5.91 Å². The van der Waals surface area contributed by atoms with Crippen LogP contribution in [0.4, 0.5) is 0 Å². The van der Waals surface area contributed by atoms with E-state index >= 15 is 0 Å². The highest BCUT2D eigenvalue weighted by atomic mass is 16.5. The van der Waals surface area contributed by atoms with E-state index in [9.17, 15) is 4.79 Å². The Morgan fingerprint density at radius 1 is 1.14 bits per heavy atom. The molecule has 2 heterocycles. The molecule has 6 nitrogen and oxygen atoms in total. The first-order valence-corrected chi connectivity index (χ1v) is 9.83. The van der Waals surface area contributed by atoms with Gasteiger partial charge in [-0.15, -0.1) is 0 Å². The van der Waals surface area contributed by atoms with Crippen LogP contribution in [0.5, 0.6) is 11.5 Å². The van der Waals surface area contributed by atoms with Gasteiger partial charge < -0.3 is 23.5 Å². The largest absolute Gasteiger partial charge is 0.493 e. The molecule has 2 aromatic rings. The molecular formula is C22H29NO5.